The van der Waals surface area contributed by atoms with Crippen molar-refractivity contribution in [1.29, 1.82) is 0 Å². The molecule has 0 radical (unpaired) electrons. The van der Waals surface area contributed by atoms with E-state index >= 15 is 0 Å². The molecule has 0 saturated carbocycles. The Bertz CT molecular complexity index is 481. The molecule has 1 aromatic heterocycles. The number of carbonyl (C=O) groups excluding carboxylic acids is 2. The summed E-state index contributed by atoms with van der Waals surface area (Å²) in [6.45, 7) is 2.36. The maximum Gasteiger partial charge on any atom is 0.273 e. The summed E-state index contributed by atoms with van der Waals surface area (Å²) >= 11 is 0. The Morgan fingerprint density at radius 3 is 2.79 bits per heavy atom. The number of hydrogen-bond donors (Lipinski definition) is 1. The van der Waals surface area contributed by atoms with E-state index in [4.69, 9.17) is 0 Å². The highest BCUT2D eigenvalue weighted by atomic mass is 16.2. The van der Waals surface area contributed by atoms with Crippen molar-refractivity contribution in [1.82, 2.24) is 20.0 Å². The third-order valence-electron chi connectivity index (χ3n) is 3.49. The van der Waals surface area contributed by atoms with Crippen molar-refractivity contribution in [2.45, 2.75) is 32.2 Å². The van der Waals surface area contributed by atoms with Gasteiger partial charge in [0.15, 0.2) is 0 Å². The lowest BCUT2D eigenvalue weighted by atomic mass is 9.99. The van der Waals surface area contributed by atoms with Crippen molar-refractivity contribution in [2.24, 2.45) is 0 Å². The van der Waals surface area contributed by atoms with Crippen LogP contribution in [0.15, 0.2) is 6.07 Å². The Morgan fingerprint density at radius 1 is 1.42 bits per heavy atom. The molecule has 6 heteroatoms. The van der Waals surface area contributed by atoms with E-state index in [1.54, 1.807) is 27.1 Å². The fraction of sp³-hybridized carbons (Fsp3) is 0.615. The fourth-order valence-corrected chi connectivity index (χ4v) is 2.48. The van der Waals surface area contributed by atoms with Crippen LogP contribution in [0.5, 0.6) is 0 Å². The molecule has 0 aliphatic carbocycles. The number of amides is 2. The van der Waals surface area contributed by atoms with Crippen LogP contribution in [0.4, 0.5) is 0 Å². The molecule has 1 aliphatic rings. The van der Waals surface area contributed by atoms with Crippen molar-refractivity contribution >= 4 is 11.8 Å². The third-order valence-corrected chi connectivity index (χ3v) is 3.49. The van der Waals surface area contributed by atoms with Crippen LogP contribution < -0.4 is 0 Å². The molecular formula is C13H20N4O2. The Morgan fingerprint density at radius 2 is 2.16 bits per heavy atom. The van der Waals surface area contributed by atoms with Gasteiger partial charge in [0.25, 0.3) is 5.91 Å². The average Bonchev–Trinajstić information content (AvgIpc) is 2.87. The lowest BCUT2D eigenvalue weighted by Gasteiger charge is -2.34. The number of nitrogens with one attached hydrogen (secondary N) is 1. The quantitative estimate of drug-likeness (QED) is 0.872. The number of carbonyl (C=O) groups is 2. The van der Waals surface area contributed by atoms with Crippen LogP contribution in [0, 0.1) is 0 Å². The Balaban J connectivity index is 2.21. The molecule has 1 saturated heterocycles. The van der Waals surface area contributed by atoms with E-state index in [0.717, 1.165) is 31.5 Å². The second-order valence-corrected chi connectivity index (χ2v) is 5.13. The number of aromatic nitrogens is 2. The molecule has 1 aromatic rings. The largest absolute Gasteiger partial charge is 0.343 e. The van der Waals surface area contributed by atoms with Crippen LogP contribution in [-0.4, -0.2) is 52.5 Å². The lowest BCUT2D eigenvalue weighted by Crippen LogP contribution is -2.37. The summed E-state index contributed by atoms with van der Waals surface area (Å²) in [4.78, 5) is 26.8. The average molecular weight is 264 g/mol. The van der Waals surface area contributed by atoms with Gasteiger partial charge >= 0.3 is 0 Å². The molecule has 6 nitrogen and oxygen atoms in total. The predicted octanol–water partition coefficient (Wildman–Crippen LogP) is 1.18. The molecule has 2 heterocycles. The first kappa shape index (κ1) is 13.6. The number of H-pyrrole nitrogens is 1. The second kappa shape index (κ2) is 5.42. The van der Waals surface area contributed by atoms with Crippen molar-refractivity contribution in [3.05, 3.63) is 17.5 Å². The first-order valence-corrected chi connectivity index (χ1v) is 6.55. The molecule has 0 spiro atoms. The monoisotopic (exact) mass is 264 g/mol. The van der Waals surface area contributed by atoms with Gasteiger partial charge in [-0.05, 0) is 25.3 Å². The smallest absolute Gasteiger partial charge is 0.273 e. The zero-order valence-corrected chi connectivity index (χ0v) is 11.6. The molecule has 2 amide bonds. The summed E-state index contributed by atoms with van der Waals surface area (Å²) in [5, 5.41) is 6.96. The zero-order valence-electron chi connectivity index (χ0n) is 11.6. The van der Waals surface area contributed by atoms with E-state index in [1.807, 2.05) is 4.90 Å². The molecule has 1 aliphatic heterocycles. The number of hydrogen-bond acceptors (Lipinski definition) is 3. The molecule has 0 aromatic carbocycles. The summed E-state index contributed by atoms with van der Waals surface area (Å²) in [6, 6.07) is 1.77. The zero-order chi connectivity index (χ0) is 14.0. The number of rotatable bonds is 2. The molecular weight excluding hydrogens is 244 g/mol. The topological polar surface area (TPSA) is 69.3 Å². The van der Waals surface area contributed by atoms with E-state index < -0.39 is 0 Å². The maximum atomic E-state index is 11.8. The second-order valence-electron chi connectivity index (χ2n) is 5.13. The van der Waals surface area contributed by atoms with Crippen molar-refractivity contribution < 1.29 is 9.59 Å². The molecule has 1 atom stereocenters. The first-order valence-electron chi connectivity index (χ1n) is 6.55. The summed E-state index contributed by atoms with van der Waals surface area (Å²) in [5.41, 5.74) is 1.24. The van der Waals surface area contributed by atoms with Crippen molar-refractivity contribution in [2.75, 3.05) is 20.6 Å². The standard InChI is InChI=1S/C13H20N4O2/c1-9(18)17-7-5-4-6-12(17)10-8-11(15-14-10)13(19)16(2)3/h8,12H,4-7H2,1-3H3,(H,14,15)/t12-/m0/s1. The van der Waals surface area contributed by atoms with E-state index in [2.05, 4.69) is 10.2 Å². The number of piperidine rings is 1. The molecule has 1 N–H and O–H groups in total. The third kappa shape index (κ3) is 2.77. The number of nitrogens with zero attached hydrogens (tertiary/aromatic N) is 3. The van der Waals surface area contributed by atoms with Gasteiger partial charge in [0.05, 0.1) is 11.7 Å². The molecule has 1 fully saturated rings. The minimum absolute atomic E-state index is 0.0162. The summed E-state index contributed by atoms with van der Waals surface area (Å²) < 4.78 is 0. The summed E-state index contributed by atoms with van der Waals surface area (Å²) in [5.74, 6) is -0.0625. The summed E-state index contributed by atoms with van der Waals surface area (Å²) in [6.07, 6.45) is 3.04. The van der Waals surface area contributed by atoms with Gasteiger partial charge in [-0.15, -0.1) is 0 Å². The molecule has 19 heavy (non-hydrogen) atoms. The van der Waals surface area contributed by atoms with E-state index in [9.17, 15) is 9.59 Å². The van der Waals surface area contributed by atoms with Crippen LogP contribution in [0.25, 0.3) is 0 Å². The molecule has 0 bridgehead atoms. The van der Waals surface area contributed by atoms with E-state index in [-0.39, 0.29) is 17.9 Å². The SMILES string of the molecule is CC(=O)N1CCCC[C@H]1c1cc(C(=O)N(C)C)n[nH]1. The van der Waals surface area contributed by atoms with Crippen molar-refractivity contribution in [3.63, 3.8) is 0 Å². The Kier molecular flexibility index (Phi) is 3.87. The highest BCUT2D eigenvalue weighted by Gasteiger charge is 2.28. The lowest BCUT2D eigenvalue weighted by molar-refractivity contribution is -0.132. The molecule has 104 valence electrons. The van der Waals surface area contributed by atoms with Crippen LogP contribution in [0.2, 0.25) is 0 Å². The summed E-state index contributed by atoms with van der Waals surface area (Å²) in [7, 11) is 3.39. The van der Waals surface area contributed by atoms with Gasteiger partial charge in [0.2, 0.25) is 5.91 Å². The van der Waals surface area contributed by atoms with Crippen LogP contribution >= 0.6 is 0 Å². The van der Waals surface area contributed by atoms with Gasteiger partial charge < -0.3 is 9.80 Å². The normalized spacial score (nSPS) is 19.3. The first-order chi connectivity index (χ1) is 9.00. The van der Waals surface area contributed by atoms with E-state index in [0.29, 0.717) is 5.69 Å². The Hall–Kier alpha value is -1.85. The van der Waals surface area contributed by atoms with Crippen LogP contribution in [0.3, 0.4) is 0 Å². The van der Waals surface area contributed by atoms with Crippen LogP contribution in [-0.2, 0) is 4.79 Å². The highest BCUT2D eigenvalue weighted by Crippen LogP contribution is 2.30. The molecule has 0 unspecified atom stereocenters. The van der Waals surface area contributed by atoms with Gasteiger partial charge in [-0.25, -0.2) is 0 Å². The van der Waals surface area contributed by atoms with Gasteiger partial charge in [-0.2, -0.15) is 5.10 Å². The van der Waals surface area contributed by atoms with Gasteiger partial charge in [0, 0.05) is 27.6 Å². The van der Waals surface area contributed by atoms with Gasteiger partial charge in [-0.1, -0.05) is 0 Å². The fourth-order valence-electron chi connectivity index (χ4n) is 2.48. The number of likely N-dealkylation sites (tertiary alicyclic amines) is 1. The minimum Gasteiger partial charge on any atom is -0.343 e. The van der Waals surface area contributed by atoms with Gasteiger partial charge in [0.1, 0.15) is 5.69 Å². The number of aromatic amines is 1. The predicted molar refractivity (Wildman–Crippen MR) is 70.6 cm³/mol. The maximum absolute atomic E-state index is 11.8. The highest BCUT2D eigenvalue weighted by molar-refractivity contribution is 5.92. The van der Waals surface area contributed by atoms with Crippen LogP contribution in [0.1, 0.15) is 48.4 Å². The molecule has 2 rings (SSSR count). The van der Waals surface area contributed by atoms with E-state index in [1.165, 1.54) is 4.90 Å². The minimum atomic E-state index is -0.132. The van der Waals surface area contributed by atoms with Gasteiger partial charge in [-0.3, -0.25) is 14.7 Å². The Labute approximate surface area is 112 Å². The van der Waals surface area contributed by atoms with Crippen molar-refractivity contribution in [3.8, 4) is 0 Å².